The summed E-state index contributed by atoms with van der Waals surface area (Å²) in [5.74, 6) is -0.0918. The zero-order chi connectivity index (χ0) is 17.1. The highest BCUT2D eigenvalue weighted by Crippen LogP contribution is 2.26. The number of benzene rings is 1. The third-order valence-electron chi connectivity index (χ3n) is 3.76. The van der Waals surface area contributed by atoms with Crippen LogP contribution in [0.4, 0.5) is 0 Å². The van der Waals surface area contributed by atoms with E-state index < -0.39 is 0 Å². The first-order valence-corrected chi connectivity index (χ1v) is 8.30. The van der Waals surface area contributed by atoms with Crippen molar-refractivity contribution >= 4 is 33.7 Å². The first kappa shape index (κ1) is 16.4. The molecule has 124 valence electrons. The average Bonchev–Trinajstić information content (AvgIpc) is 3.16. The molecule has 0 saturated carbocycles. The molecule has 1 aliphatic heterocycles. The molecule has 0 unspecified atom stereocenters. The molecular weight excluding hydrogens is 376 g/mol. The molecule has 0 atom stereocenters. The van der Waals surface area contributed by atoms with Crippen LogP contribution < -0.4 is 5.32 Å². The van der Waals surface area contributed by atoms with Crippen molar-refractivity contribution in [1.29, 1.82) is 0 Å². The predicted octanol–water partition coefficient (Wildman–Crippen LogP) is 2.73. The summed E-state index contributed by atoms with van der Waals surface area (Å²) in [6.07, 6.45) is 2.19. The second-order valence-electron chi connectivity index (χ2n) is 5.41. The van der Waals surface area contributed by atoms with Crippen molar-refractivity contribution in [2.75, 3.05) is 6.54 Å². The van der Waals surface area contributed by atoms with Crippen LogP contribution in [0.2, 0.25) is 0 Å². The van der Waals surface area contributed by atoms with Gasteiger partial charge >= 0.3 is 0 Å². The number of amides is 3. The molecule has 0 aliphatic carbocycles. The number of imide groups is 1. The molecule has 6 nitrogen and oxygen atoms in total. The van der Waals surface area contributed by atoms with Crippen molar-refractivity contribution in [1.82, 2.24) is 10.2 Å². The van der Waals surface area contributed by atoms with E-state index in [0.29, 0.717) is 29.9 Å². The van der Waals surface area contributed by atoms with E-state index in [4.69, 9.17) is 4.42 Å². The number of nitrogens with zero attached hydrogens (tertiary/aromatic N) is 1. The number of nitrogens with one attached hydrogen (secondary N) is 1. The minimum Gasteiger partial charge on any atom is -0.467 e. The highest BCUT2D eigenvalue weighted by atomic mass is 79.9. The zero-order valence-corrected chi connectivity index (χ0v) is 14.3. The lowest BCUT2D eigenvalue weighted by Crippen LogP contribution is -2.32. The van der Waals surface area contributed by atoms with Gasteiger partial charge in [-0.3, -0.25) is 19.3 Å². The molecule has 7 heteroatoms. The van der Waals surface area contributed by atoms with E-state index >= 15 is 0 Å². The van der Waals surface area contributed by atoms with Crippen molar-refractivity contribution in [2.45, 2.75) is 19.4 Å². The number of fused-ring (bicyclic) bond motifs is 1. The fourth-order valence-electron chi connectivity index (χ4n) is 2.55. The van der Waals surface area contributed by atoms with Crippen LogP contribution in [-0.2, 0) is 11.3 Å². The van der Waals surface area contributed by atoms with Gasteiger partial charge < -0.3 is 9.73 Å². The summed E-state index contributed by atoms with van der Waals surface area (Å²) in [6.45, 7) is 0.547. The van der Waals surface area contributed by atoms with E-state index in [1.807, 2.05) is 0 Å². The number of hydrogen-bond acceptors (Lipinski definition) is 4. The summed E-state index contributed by atoms with van der Waals surface area (Å²) < 4.78 is 5.88. The fraction of sp³-hybridized carbons (Fsp3) is 0.235. The molecule has 0 saturated heterocycles. The lowest BCUT2D eigenvalue weighted by atomic mass is 10.1. The summed E-state index contributed by atoms with van der Waals surface area (Å²) in [6, 6.07) is 8.54. The molecule has 0 bridgehead atoms. The second-order valence-corrected chi connectivity index (χ2v) is 6.33. The van der Waals surface area contributed by atoms with Crippen molar-refractivity contribution in [3.05, 3.63) is 58.0 Å². The Hall–Kier alpha value is -2.41. The number of rotatable bonds is 6. The minimum atomic E-state index is -0.313. The lowest BCUT2D eigenvalue weighted by Gasteiger charge is -2.13. The Morgan fingerprint density at radius 2 is 1.96 bits per heavy atom. The molecule has 1 aromatic heterocycles. The maximum absolute atomic E-state index is 12.3. The first-order valence-electron chi connectivity index (χ1n) is 7.51. The average molecular weight is 391 g/mol. The Morgan fingerprint density at radius 1 is 1.17 bits per heavy atom. The minimum absolute atomic E-state index is 0.147. The molecule has 0 radical (unpaired) electrons. The summed E-state index contributed by atoms with van der Waals surface area (Å²) >= 11 is 3.29. The zero-order valence-electron chi connectivity index (χ0n) is 12.8. The van der Waals surface area contributed by atoms with E-state index in [1.165, 1.54) is 4.90 Å². The number of carbonyl (C=O) groups excluding carboxylic acids is 3. The van der Waals surface area contributed by atoms with Gasteiger partial charge in [0.05, 0.1) is 23.9 Å². The molecule has 2 heterocycles. The Kier molecular flexibility index (Phi) is 4.80. The molecule has 3 rings (SSSR count). The van der Waals surface area contributed by atoms with Crippen LogP contribution in [0.25, 0.3) is 0 Å². The van der Waals surface area contributed by atoms with E-state index in [2.05, 4.69) is 21.2 Å². The number of hydrogen-bond donors (Lipinski definition) is 1. The normalized spacial score (nSPS) is 13.3. The largest absolute Gasteiger partial charge is 0.467 e. The van der Waals surface area contributed by atoms with Crippen LogP contribution in [0.5, 0.6) is 0 Å². The van der Waals surface area contributed by atoms with Gasteiger partial charge in [0, 0.05) is 17.4 Å². The van der Waals surface area contributed by atoms with Gasteiger partial charge in [-0.2, -0.15) is 0 Å². The van der Waals surface area contributed by atoms with Gasteiger partial charge in [-0.25, -0.2) is 0 Å². The summed E-state index contributed by atoms with van der Waals surface area (Å²) in [4.78, 5) is 37.5. The van der Waals surface area contributed by atoms with Crippen LogP contribution in [0.3, 0.4) is 0 Å². The third-order valence-corrected chi connectivity index (χ3v) is 4.25. The monoisotopic (exact) mass is 390 g/mol. The molecule has 0 spiro atoms. The molecule has 0 fully saturated rings. The summed E-state index contributed by atoms with van der Waals surface area (Å²) in [5.41, 5.74) is 0.808. The van der Waals surface area contributed by atoms with Crippen LogP contribution in [0.15, 0.2) is 45.5 Å². The van der Waals surface area contributed by atoms with Gasteiger partial charge in [0.1, 0.15) is 5.76 Å². The molecular formula is C17H15BrN2O4. The highest BCUT2D eigenvalue weighted by molar-refractivity contribution is 9.10. The van der Waals surface area contributed by atoms with Crippen molar-refractivity contribution in [2.24, 2.45) is 0 Å². The van der Waals surface area contributed by atoms with Gasteiger partial charge in [-0.1, -0.05) is 15.9 Å². The number of furan rings is 1. The predicted molar refractivity (Wildman–Crippen MR) is 89.3 cm³/mol. The highest BCUT2D eigenvalue weighted by Gasteiger charge is 2.35. The van der Waals surface area contributed by atoms with Gasteiger partial charge in [0.2, 0.25) is 5.91 Å². The molecule has 3 amide bonds. The summed E-state index contributed by atoms with van der Waals surface area (Å²) in [7, 11) is 0. The van der Waals surface area contributed by atoms with Gasteiger partial charge in [0.15, 0.2) is 0 Å². The van der Waals surface area contributed by atoms with Gasteiger partial charge in [0.25, 0.3) is 11.8 Å². The molecule has 24 heavy (non-hydrogen) atoms. The van der Waals surface area contributed by atoms with Gasteiger partial charge in [-0.05, 0) is 36.8 Å². The molecule has 1 N–H and O–H groups in total. The topological polar surface area (TPSA) is 79.6 Å². The SMILES string of the molecule is O=C(CCCN1C(=O)c2ccc(Br)cc2C1=O)NCc1ccco1. The lowest BCUT2D eigenvalue weighted by molar-refractivity contribution is -0.121. The Morgan fingerprint density at radius 3 is 2.71 bits per heavy atom. The van der Waals surface area contributed by atoms with E-state index in [1.54, 1.807) is 36.6 Å². The Balaban J connectivity index is 1.50. The smallest absolute Gasteiger partial charge is 0.261 e. The fourth-order valence-corrected chi connectivity index (χ4v) is 2.91. The van der Waals surface area contributed by atoms with Crippen molar-refractivity contribution in [3.63, 3.8) is 0 Å². The quantitative estimate of drug-likeness (QED) is 0.768. The Bertz CT molecular complexity index is 786. The molecule has 2 aromatic rings. The maximum Gasteiger partial charge on any atom is 0.261 e. The number of carbonyl (C=O) groups is 3. The van der Waals surface area contributed by atoms with Gasteiger partial charge in [-0.15, -0.1) is 0 Å². The third kappa shape index (κ3) is 3.41. The van der Waals surface area contributed by atoms with Crippen molar-refractivity contribution < 1.29 is 18.8 Å². The molecule has 1 aliphatic rings. The first-order chi connectivity index (χ1) is 11.6. The van der Waals surface area contributed by atoms with Crippen LogP contribution in [0.1, 0.15) is 39.3 Å². The number of halogens is 1. The van der Waals surface area contributed by atoms with E-state index in [0.717, 1.165) is 4.47 Å². The van der Waals surface area contributed by atoms with Crippen LogP contribution >= 0.6 is 15.9 Å². The van der Waals surface area contributed by atoms with Crippen LogP contribution in [-0.4, -0.2) is 29.2 Å². The van der Waals surface area contributed by atoms with E-state index in [9.17, 15) is 14.4 Å². The van der Waals surface area contributed by atoms with Crippen LogP contribution in [0, 0.1) is 0 Å². The van der Waals surface area contributed by atoms with Crippen molar-refractivity contribution in [3.8, 4) is 0 Å². The Labute approximate surface area is 146 Å². The van der Waals surface area contributed by atoms with E-state index in [-0.39, 0.29) is 30.7 Å². The maximum atomic E-state index is 12.3. The standard InChI is InChI=1S/C17H15BrN2O4/c18-11-5-6-13-14(9-11)17(23)20(16(13)22)7-1-4-15(21)19-10-12-3-2-8-24-12/h2-3,5-6,8-9H,1,4,7,10H2,(H,19,21). The molecule has 1 aromatic carbocycles. The summed E-state index contributed by atoms with van der Waals surface area (Å²) in [5, 5.41) is 2.73. The second kappa shape index (κ2) is 7.00.